The molecule has 9 heteroatoms. The van der Waals surface area contributed by atoms with Gasteiger partial charge in [-0.15, -0.1) is 0 Å². The first-order valence-electron chi connectivity index (χ1n) is 6.95. The highest BCUT2D eigenvalue weighted by atomic mass is 16.6. The van der Waals surface area contributed by atoms with Crippen LogP contribution >= 0.6 is 0 Å². The number of hydrogen-bond acceptors (Lipinski definition) is 6. The van der Waals surface area contributed by atoms with Crippen molar-refractivity contribution < 1.29 is 23.9 Å². The first-order chi connectivity index (χ1) is 10.9. The van der Waals surface area contributed by atoms with E-state index in [4.69, 9.17) is 4.74 Å². The first kappa shape index (κ1) is 15.1. The molecule has 0 unspecified atom stereocenters. The molecule has 0 aliphatic carbocycles. The Morgan fingerprint density at radius 1 is 1.30 bits per heavy atom. The second-order valence-corrected chi connectivity index (χ2v) is 5.39. The molecule has 3 amide bonds. The van der Waals surface area contributed by atoms with Crippen molar-refractivity contribution in [2.24, 2.45) is 7.05 Å². The van der Waals surface area contributed by atoms with E-state index in [1.54, 1.807) is 0 Å². The van der Waals surface area contributed by atoms with Crippen molar-refractivity contribution in [2.75, 3.05) is 26.8 Å². The second kappa shape index (κ2) is 5.41. The van der Waals surface area contributed by atoms with Gasteiger partial charge in [0.25, 0.3) is 17.4 Å². The zero-order valence-corrected chi connectivity index (χ0v) is 12.6. The van der Waals surface area contributed by atoms with Gasteiger partial charge in [0.05, 0.1) is 18.7 Å². The highest BCUT2D eigenvalue weighted by molar-refractivity contribution is 6.00. The lowest BCUT2D eigenvalue weighted by atomic mass is 10.1. The maximum Gasteiger partial charge on any atom is 0.417 e. The summed E-state index contributed by atoms with van der Waals surface area (Å²) < 4.78 is 11.0. The Kier molecular flexibility index (Phi) is 3.55. The van der Waals surface area contributed by atoms with E-state index in [2.05, 4.69) is 4.74 Å². The van der Waals surface area contributed by atoms with E-state index in [-0.39, 0.29) is 48.5 Å². The highest BCUT2D eigenvalue weighted by Crippen LogP contribution is 2.24. The Labute approximate surface area is 131 Å². The number of carbonyl (C=O) groups excluding carboxylic acids is 3. The predicted molar refractivity (Wildman–Crippen MR) is 76.1 cm³/mol. The van der Waals surface area contributed by atoms with Crippen molar-refractivity contribution in [3.8, 4) is 5.75 Å². The van der Waals surface area contributed by atoms with Gasteiger partial charge < -0.3 is 18.9 Å². The maximum atomic E-state index is 12.5. The van der Waals surface area contributed by atoms with Gasteiger partial charge in [-0.3, -0.25) is 14.4 Å². The van der Waals surface area contributed by atoms with E-state index in [0.29, 0.717) is 0 Å². The van der Waals surface area contributed by atoms with Crippen LogP contribution < -0.4 is 10.3 Å². The Morgan fingerprint density at radius 3 is 2.57 bits per heavy atom. The molecule has 2 fully saturated rings. The predicted octanol–water partition coefficient (Wildman–Crippen LogP) is -0.803. The smallest absolute Gasteiger partial charge is 0.417 e. The zero-order chi connectivity index (χ0) is 16.7. The number of methoxy groups -OCH3 is 1. The molecule has 0 bridgehead atoms. The normalized spacial score (nSPS) is 18.0. The van der Waals surface area contributed by atoms with Gasteiger partial charge in [0.1, 0.15) is 5.75 Å². The Morgan fingerprint density at radius 2 is 2.00 bits per heavy atom. The van der Waals surface area contributed by atoms with Gasteiger partial charge in [-0.1, -0.05) is 0 Å². The number of rotatable bonds is 3. The molecule has 1 aromatic rings. The van der Waals surface area contributed by atoms with Gasteiger partial charge in [0.15, 0.2) is 6.61 Å². The van der Waals surface area contributed by atoms with Gasteiger partial charge in [0, 0.05) is 32.4 Å². The molecule has 9 nitrogen and oxygen atoms in total. The van der Waals surface area contributed by atoms with Crippen LogP contribution in [0.4, 0.5) is 4.79 Å². The summed E-state index contributed by atoms with van der Waals surface area (Å²) in [7, 11) is 2.92. The van der Waals surface area contributed by atoms with E-state index in [9.17, 15) is 19.2 Å². The number of likely N-dealkylation sites (tertiary alicyclic amines) is 1. The van der Waals surface area contributed by atoms with E-state index >= 15 is 0 Å². The minimum atomic E-state index is -0.674. The lowest BCUT2D eigenvalue weighted by molar-refractivity contribution is -0.129. The van der Waals surface area contributed by atoms with Crippen LogP contribution in [0.3, 0.4) is 0 Å². The molecule has 3 heterocycles. The second-order valence-electron chi connectivity index (χ2n) is 5.39. The third-order valence-electron chi connectivity index (χ3n) is 3.94. The summed E-state index contributed by atoms with van der Waals surface area (Å²) in [6.45, 7) is 0.204. The van der Waals surface area contributed by atoms with Crippen LogP contribution in [-0.4, -0.2) is 65.1 Å². The number of cyclic esters (lactones) is 1. The van der Waals surface area contributed by atoms with Crippen molar-refractivity contribution in [2.45, 2.75) is 6.04 Å². The standard InChI is InChI=1S/C14H15N3O6/c1-15-6-9(10(22-2)3-11(15)18)13(20)16-4-8(5-16)17-12(19)7-23-14(17)21/h3,6,8H,4-5,7H2,1-2H3. The molecule has 3 rings (SSSR count). The summed E-state index contributed by atoms with van der Waals surface area (Å²) in [4.78, 5) is 49.6. The van der Waals surface area contributed by atoms with Crippen molar-refractivity contribution in [1.82, 2.24) is 14.4 Å². The monoisotopic (exact) mass is 321 g/mol. The molecule has 0 radical (unpaired) electrons. The van der Waals surface area contributed by atoms with Gasteiger partial charge in [-0.2, -0.15) is 0 Å². The summed E-state index contributed by atoms with van der Waals surface area (Å²) in [5.74, 6) is -0.529. The summed E-state index contributed by atoms with van der Waals surface area (Å²) in [6.07, 6.45) is 0.735. The average Bonchev–Trinajstić information content (AvgIpc) is 2.80. The molecule has 0 atom stereocenters. The van der Waals surface area contributed by atoms with Crippen LogP contribution in [0.5, 0.6) is 5.75 Å². The van der Waals surface area contributed by atoms with Crippen molar-refractivity contribution in [1.29, 1.82) is 0 Å². The van der Waals surface area contributed by atoms with Crippen LogP contribution in [-0.2, 0) is 16.6 Å². The van der Waals surface area contributed by atoms with Crippen molar-refractivity contribution >= 4 is 17.9 Å². The molecule has 0 N–H and O–H groups in total. The third-order valence-corrected chi connectivity index (χ3v) is 3.94. The molecule has 23 heavy (non-hydrogen) atoms. The number of pyridine rings is 1. The molecule has 0 saturated carbocycles. The number of aromatic nitrogens is 1. The van der Waals surface area contributed by atoms with Gasteiger partial charge in [0.2, 0.25) is 0 Å². The number of amides is 3. The Bertz CT molecular complexity index is 733. The van der Waals surface area contributed by atoms with E-state index in [0.717, 1.165) is 4.90 Å². The minimum absolute atomic E-state index is 0.193. The molecule has 0 aromatic carbocycles. The van der Waals surface area contributed by atoms with E-state index in [1.807, 2.05) is 0 Å². The number of hydrogen-bond donors (Lipinski definition) is 0. The summed E-state index contributed by atoms with van der Waals surface area (Å²) >= 11 is 0. The zero-order valence-electron chi connectivity index (χ0n) is 12.6. The molecule has 2 saturated heterocycles. The van der Waals surface area contributed by atoms with Crippen LogP contribution in [0.25, 0.3) is 0 Å². The minimum Gasteiger partial charge on any atom is -0.496 e. The Balaban J connectivity index is 1.74. The van der Waals surface area contributed by atoms with Gasteiger partial charge in [-0.05, 0) is 0 Å². The topological polar surface area (TPSA) is 98.2 Å². The molecule has 1 aromatic heterocycles. The molecular formula is C14H15N3O6. The fourth-order valence-electron chi connectivity index (χ4n) is 2.61. The van der Waals surface area contributed by atoms with Crippen molar-refractivity contribution in [3.63, 3.8) is 0 Å². The number of aryl methyl sites for hydroxylation is 1. The fraction of sp³-hybridized carbons (Fsp3) is 0.429. The number of imide groups is 1. The average molecular weight is 321 g/mol. The third kappa shape index (κ3) is 2.43. The number of carbonyl (C=O) groups is 3. The lowest BCUT2D eigenvalue weighted by Crippen LogP contribution is -2.62. The van der Waals surface area contributed by atoms with Gasteiger partial charge in [-0.25, -0.2) is 9.69 Å². The summed E-state index contributed by atoms with van der Waals surface area (Å²) in [5, 5.41) is 0. The highest BCUT2D eigenvalue weighted by Gasteiger charge is 2.44. The lowest BCUT2D eigenvalue weighted by Gasteiger charge is -2.42. The number of ether oxygens (including phenoxy) is 2. The fourth-order valence-corrected chi connectivity index (χ4v) is 2.61. The molecule has 2 aliphatic rings. The Hall–Kier alpha value is -2.84. The molecular weight excluding hydrogens is 306 g/mol. The quantitative estimate of drug-likeness (QED) is 0.723. The molecule has 0 spiro atoms. The molecule has 2 aliphatic heterocycles. The SMILES string of the molecule is COc1cc(=O)n(C)cc1C(=O)N1CC(N2C(=O)COC2=O)C1. The number of nitrogens with zero attached hydrogens (tertiary/aromatic N) is 3. The van der Waals surface area contributed by atoms with Crippen LogP contribution in [0.1, 0.15) is 10.4 Å². The largest absolute Gasteiger partial charge is 0.496 e. The van der Waals surface area contributed by atoms with Crippen molar-refractivity contribution in [3.05, 3.63) is 28.2 Å². The maximum absolute atomic E-state index is 12.5. The van der Waals surface area contributed by atoms with Gasteiger partial charge >= 0.3 is 6.09 Å². The van der Waals surface area contributed by atoms with Crippen LogP contribution in [0.2, 0.25) is 0 Å². The van der Waals surface area contributed by atoms with Crippen LogP contribution in [0, 0.1) is 0 Å². The first-order valence-corrected chi connectivity index (χ1v) is 6.95. The van der Waals surface area contributed by atoms with E-state index < -0.39 is 12.0 Å². The van der Waals surface area contributed by atoms with Crippen LogP contribution in [0.15, 0.2) is 17.1 Å². The molecule has 122 valence electrons. The van der Waals surface area contributed by atoms with E-state index in [1.165, 1.54) is 35.9 Å². The summed E-state index contributed by atoms with van der Waals surface area (Å²) in [5.41, 5.74) is -0.0336. The summed E-state index contributed by atoms with van der Waals surface area (Å²) in [6, 6.07) is 0.867.